The lowest BCUT2D eigenvalue weighted by Gasteiger charge is -2.19. The summed E-state index contributed by atoms with van der Waals surface area (Å²) >= 11 is 12.0. The van der Waals surface area contributed by atoms with Crippen molar-refractivity contribution in [2.45, 2.75) is 32.5 Å². The van der Waals surface area contributed by atoms with Crippen molar-refractivity contribution < 1.29 is 14.3 Å². The number of H-pyrrole nitrogens is 1. The third kappa shape index (κ3) is 5.70. The first-order valence-electron chi connectivity index (χ1n) is 7.92. The Morgan fingerprint density at radius 1 is 1.22 bits per heavy atom. The number of esters is 1. The molecule has 0 unspecified atom stereocenters. The first-order chi connectivity index (χ1) is 12.7. The van der Waals surface area contributed by atoms with Gasteiger partial charge in [0, 0.05) is 22.3 Å². The molecule has 144 valence electrons. The molecule has 2 N–H and O–H groups in total. The third-order valence-electron chi connectivity index (χ3n) is 3.66. The van der Waals surface area contributed by atoms with Crippen molar-refractivity contribution in [3.63, 3.8) is 0 Å². The fourth-order valence-corrected chi connectivity index (χ4v) is 2.83. The monoisotopic (exact) mass is 413 g/mol. The van der Waals surface area contributed by atoms with Crippen molar-refractivity contribution in [3.8, 4) is 0 Å². The van der Waals surface area contributed by atoms with Crippen molar-refractivity contribution in [1.29, 1.82) is 0 Å². The summed E-state index contributed by atoms with van der Waals surface area (Å²) in [5.74, 6) is -1.33. The van der Waals surface area contributed by atoms with Crippen LogP contribution in [0.2, 0.25) is 10.0 Å². The first kappa shape index (κ1) is 20.7. The van der Waals surface area contributed by atoms with Crippen LogP contribution in [0.3, 0.4) is 0 Å². The lowest BCUT2D eigenvalue weighted by molar-refractivity contribution is -0.155. The second-order valence-corrected chi connectivity index (χ2v) is 6.61. The van der Waals surface area contributed by atoms with E-state index in [-0.39, 0.29) is 0 Å². The van der Waals surface area contributed by atoms with E-state index >= 15 is 0 Å². The number of halogens is 2. The highest BCUT2D eigenvalue weighted by molar-refractivity contribution is 6.35. The van der Waals surface area contributed by atoms with E-state index in [1.165, 1.54) is 6.92 Å². The summed E-state index contributed by atoms with van der Waals surface area (Å²) in [6.07, 6.45) is 0.0714. The van der Waals surface area contributed by atoms with Crippen LogP contribution in [0, 0.1) is 0 Å². The molecule has 2 aromatic rings. The van der Waals surface area contributed by atoms with Gasteiger partial charge in [0.15, 0.2) is 6.10 Å². The Bertz CT molecular complexity index is 970. The van der Waals surface area contributed by atoms with E-state index < -0.39 is 41.8 Å². The SMILES string of the molecule is C[C@H](NC(=O)[C@@H](C)OC(=O)Cn1ccc(=O)[nH]c1=O)c1ccc(Cl)cc1Cl. The molecule has 0 fully saturated rings. The number of carbonyl (C=O) groups is 2. The largest absolute Gasteiger partial charge is 0.451 e. The normalized spacial score (nSPS) is 12.9. The molecule has 0 aliphatic carbocycles. The predicted molar refractivity (Wildman–Crippen MR) is 99.9 cm³/mol. The average molecular weight is 414 g/mol. The van der Waals surface area contributed by atoms with Crippen LogP contribution < -0.4 is 16.6 Å². The molecular formula is C17H17Cl2N3O5. The standard InChI is InChI=1S/C17H17Cl2N3O5/c1-9(12-4-3-11(18)7-13(12)19)20-16(25)10(2)27-15(24)8-22-6-5-14(23)21-17(22)26/h3-7,9-10H,8H2,1-2H3,(H,20,25)(H,21,23,26)/t9-,10+/m0/s1. The van der Waals surface area contributed by atoms with Gasteiger partial charge >= 0.3 is 11.7 Å². The number of benzene rings is 1. The second kappa shape index (κ2) is 8.88. The Morgan fingerprint density at radius 3 is 2.56 bits per heavy atom. The molecule has 8 nitrogen and oxygen atoms in total. The highest BCUT2D eigenvalue weighted by atomic mass is 35.5. The number of aromatic amines is 1. The van der Waals surface area contributed by atoms with E-state index in [0.717, 1.165) is 16.8 Å². The van der Waals surface area contributed by atoms with Crippen molar-refractivity contribution >= 4 is 35.1 Å². The molecule has 0 saturated heterocycles. The molecule has 0 aliphatic rings. The van der Waals surface area contributed by atoms with Crippen LogP contribution in [0.1, 0.15) is 25.5 Å². The second-order valence-electron chi connectivity index (χ2n) is 5.77. The Balaban J connectivity index is 1.95. The Morgan fingerprint density at radius 2 is 1.93 bits per heavy atom. The zero-order valence-corrected chi connectivity index (χ0v) is 16.0. The lowest BCUT2D eigenvalue weighted by atomic mass is 10.1. The minimum Gasteiger partial charge on any atom is -0.451 e. The van der Waals surface area contributed by atoms with Crippen LogP contribution in [-0.4, -0.2) is 27.5 Å². The molecule has 1 aromatic heterocycles. The fraction of sp³-hybridized carbons (Fsp3) is 0.294. The van der Waals surface area contributed by atoms with E-state index in [0.29, 0.717) is 15.6 Å². The van der Waals surface area contributed by atoms with Gasteiger partial charge in [-0.15, -0.1) is 0 Å². The Labute approximate surface area is 164 Å². The first-order valence-corrected chi connectivity index (χ1v) is 8.67. The molecule has 2 atom stereocenters. The van der Waals surface area contributed by atoms with Gasteiger partial charge in [-0.25, -0.2) is 4.79 Å². The number of nitrogens with zero attached hydrogens (tertiary/aromatic N) is 1. The van der Waals surface area contributed by atoms with E-state index in [9.17, 15) is 19.2 Å². The summed E-state index contributed by atoms with van der Waals surface area (Å²) in [6.45, 7) is 2.69. The van der Waals surface area contributed by atoms with Gasteiger partial charge in [0.05, 0.1) is 6.04 Å². The molecular weight excluding hydrogens is 397 g/mol. The summed E-state index contributed by atoms with van der Waals surface area (Å²) < 4.78 is 5.99. The van der Waals surface area contributed by atoms with Crippen LogP contribution in [0.5, 0.6) is 0 Å². The van der Waals surface area contributed by atoms with Gasteiger partial charge in [-0.3, -0.25) is 23.9 Å². The maximum atomic E-state index is 12.2. The van der Waals surface area contributed by atoms with Gasteiger partial charge in [0.25, 0.3) is 11.5 Å². The minimum atomic E-state index is -1.09. The van der Waals surface area contributed by atoms with Crippen molar-refractivity contribution in [3.05, 3.63) is 66.9 Å². The van der Waals surface area contributed by atoms with Crippen LogP contribution >= 0.6 is 23.2 Å². The van der Waals surface area contributed by atoms with Gasteiger partial charge in [0.2, 0.25) is 0 Å². The number of carbonyl (C=O) groups excluding carboxylic acids is 2. The molecule has 0 spiro atoms. The quantitative estimate of drug-likeness (QED) is 0.699. The van der Waals surface area contributed by atoms with Crippen LogP contribution in [0.25, 0.3) is 0 Å². The highest BCUT2D eigenvalue weighted by Crippen LogP contribution is 2.26. The predicted octanol–water partition coefficient (Wildman–Crippen LogP) is 1.65. The maximum Gasteiger partial charge on any atom is 0.328 e. The topological polar surface area (TPSA) is 110 Å². The van der Waals surface area contributed by atoms with Crippen molar-refractivity contribution in [2.24, 2.45) is 0 Å². The maximum absolute atomic E-state index is 12.2. The molecule has 0 bridgehead atoms. The van der Waals surface area contributed by atoms with Crippen molar-refractivity contribution in [2.75, 3.05) is 0 Å². The Kier molecular flexibility index (Phi) is 6.81. The molecule has 1 heterocycles. The van der Waals surface area contributed by atoms with E-state index in [1.807, 2.05) is 4.98 Å². The zero-order chi connectivity index (χ0) is 20.1. The number of nitrogens with one attached hydrogen (secondary N) is 2. The van der Waals surface area contributed by atoms with Gasteiger partial charge in [0.1, 0.15) is 6.54 Å². The number of aromatic nitrogens is 2. The molecule has 1 aromatic carbocycles. The number of ether oxygens (including phenoxy) is 1. The third-order valence-corrected chi connectivity index (χ3v) is 4.22. The highest BCUT2D eigenvalue weighted by Gasteiger charge is 2.21. The zero-order valence-electron chi connectivity index (χ0n) is 14.5. The minimum absolute atomic E-state index is 0.400. The number of hydrogen-bond donors (Lipinski definition) is 2. The fourth-order valence-electron chi connectivity index (χ4n) is 2.26. The summed E-state index contributed by atoms with van der Waals surface area (Å²) in [5, 5.41) is 3.56. The Hall–Kier alpha value is -2.58. The molecule has 1 amide bonds. The summed E-state index contributed by atoms with van der Waals surface area (Å²) in [6, 6.07) is 5.56. The van der Waals surface area contributed by atoms with Gasteiger partial charge < -0.3 is 10.1 Å². The summed E-state index contributed by atoms with van der Waals surface area (Å²) in [5.41, 5.74) is -0.664. The number of amides is 1. The van der Waals surface area contributed by atoms with Crippen LogP contribution in [0.4, 0.5) is 0 Å². The lowest BCUT2D eigenvalue weighted by Crippen LogP contribution is -2.39. The van der Waals surface area contributed by atoms with Gasteiger partial charge in [-0.1, -0.05) is 29.3 Å². The summed E-state index contributed by atoms with van der Waals surface area (Å²) in [4.78, 5) is 48.7. The van der Waals surface area contributed by atoms with E-state index in [4.69, 9.17) is 27.9 Å². The van der Waals surface area contributed by atoms with Crippen LogP contribution in [-0.2, 0) is 20.9 Å². The smallest absolute Gasteiger partial charge is 0.328 e. The number of hydrogen-bond acceptors (Lipinski definition) is 5. The van der Waals surface area contributed by atoms with Crippen LogP contribution in [0.15, 0.2) is 40.1 Å². The van der Waals surface area contributed by atoms with E-state index in [2.05, 4.69) is 5.32 Å². The molecule has 0 saturated carbocycles. The molecule has 27 heavy (non-hydrogen) atoms. The van der Waals surface area contributed by atoms with E-state index in [1.54, 1.807) is 25.1 Å². The molecule has 0 radical (unpaired) electrons. The van der Waals surface area contributed by atoms with Gasteiger partial charge in [-0.2, -0.15) is 0 Å². The number of rotatable bonds is 6. The van der Waals surface area contributed by atoms with Crippen molar-refractivity contribution in [1.82, 2.24) is 14.9 Å². The summed E-state index contributed by atoms with van der Waals surface area (Å²) in [7, 11) is 0. The molecule has 0 aliphatic heterocycles. The van der Waals surface area contributed by atoms with Gasteiger partial charge in [-0.05, 0) is 31.5 Å². The molecule has 2 rings (SSSR count). The average Bonchev–Trinajstić information content (AvgIpc) is 2.57. The molecule has 10 heteroatoms.